The summed E-state index contributed by atoms with van der Waals surface area (Å²) >= 11 is 0. The van der Waals surface area contributed by atoms with Gasteiger partial charge in [-0.2, -0.15) is 5.26 Å². The van der Waals surface area contributed by atoms with Gasteiger partial charge < -0.3 is 10.4 Å². The fraction of sp³-hybridized carbons (Fsp3) is 0.385. The molecule has 88 valence electrons. The Balaban J connectivity index is 2.10. The van der Waals surface area contributed by atoms with E-state index in [2.05, 4.69) is 5.32 Å². The van der Waals surface area contributed by atoms with Gasteiger partial charge in [0.25, 0.3) is 5.91 Å². The van der Waals surface area contributed by atoms with Gasteiger partial charge in [0.1, 0.15) is 5.60 Å². The Kier molecular flexibility index (Phi) is 3.12. The van der Waals surface area contributed by atoms with Crippen molar-refractivity contribution in [1.29, 1.82) is 5.26 Å². The van der Waals surface area contributed by atoms with E-state index in [4.69, 9.17) is 5.26 Å². The maximum absolute atomic E-state index is 11.9. The van der Waals surface area contributed by atoms with Crippen LogP contribution in [0.15, 0.2) is 24.3 Å². The van der Waals surface area contributed by atoms with Crippen LogP contribution in [-0.4, -0.2) is 16.6 Å². The SMILES string of the molecule is N#Cc1cccc(NC(=O)C2(O)CCCC2)c1. The van der Waals surface area contributed by atoms with Crippen LogP contribution in [0.3, 0.4) is 0 Å². The number of nitriles is 1. The summed E-state index contributed by atoms with van der Waals surface area (Å²) in [6, 6.07) is 8.67. The summed E-state index contributed by atoms with van der Waals surface area (Å²) in [6.45, 7) is 0. The van der Waals surface area contributed by atoms with Gasteiger partial charge in [0.05, 0.1) is 11.6 Å². The second-order valence-electron chi connectivity index (χ2n) is 4.39. The molecular weight excluding hydrogens is 216 g/mol. The van der Waals surface area contributed by atoms with Crippen molar-refractivity contribution < 1.29 is 9.90 Å². The van der Waals surface area contributed by atoms with Gasteiger partial charge in [0.2, 0.25) is 0 Å². The van der Waals surface area contributed by atoms with E-state index in [1.54, 1.807) is 24.3 Å². The Labute approximate surface area is 99.9 Å². The number of benzene rings is 1. The molecule has 0 unspecified atom stereocenters. The zero-order valence-corrected chi connectivity index (χ0v) is 9.44. The van der Waals surface area contributed by atoms with E-state index in [9.17, 15) is 9.90 Å². The Morgan fingerprint density at radius 3 is 2.76 bits per heavy atom. The molecule has 1 amide bonds. The number of nitrogens with one attached hydrogen (secondary N) is 1. The van der Waals surface area contributed by atoms with Crippen molar-refractivity contribution in [2.75, 3.05) is 5.32 Å². The Morgan fingerprint density at radius 2 is 2.12 bits per heavy atom. The average molecular weight is 230 g/mol. The predicted octanol–water partition coefficient (Wildman–Crippen LogP) is 1.80. The minimum absolute atomic E-state index is 0.370. The van der Waals surface area contributed by atoms with E-state index in [-0.39, 0.29) is 5.91 Å². The van der Waals surface area contributed by atoms with E-state index < -0.39 is 5.60 Å². The monoisotopic (exact) mass is 230 g/mol. The zero-order valence-electron chi connectivity index (χ0n) is 9.44. The van der Waals surface area contributed by atoms with E-state index in [0.717, 1.165) is 12.8 Å². The maximum atomic E-state index is 11.9. The Bertz CT molecular complexity index is 471. The minimum atomic E-state index is -1.23. The topological polar surface area (TPSA) is 73.1 Å². The number of aliphatic hydroxyl groups is 1. The molecule has 0 aliphatic heterocycles. The van der Waals surface area contributed by atoms with E-state index in [0.29, 0.717) is 24.1 Å². The molecule has 0 bridgehead atoms. The van der Waals surface area contributed by atoms with Crippen LogP contribution < -0.4 is 5.32 Å². The van der Waals surface area contributed by atoms with Gasteiger partial charge in [-0.3, -0.25) is 4.79 Å². The summed E-state index contributed by atoms with van der Waals surface area (Å²) in [4.78, 5) is 11.9. The molecule has 4 heteroatoms. The molecule has 0 aromatic heterocycles. The van der Waals surface area contributed by atoms with Crippen molar-refractivity contribution in [3.63, 3.8) is 0 Å². The fourth-order valence-corrected chi connectivity index (χ4v) is 2.10. The normalized spacial score (nSPS) is 17.4. The summed E-state index contributed by atoms with van der Waals surface area (Å²) in [5.41, 5.74) is -0.196. The molecule has 4 nitrogen and oxygen atoms in total. The van der Waals surface area contributed by atoms with Crippen LogP contribution >= 0.6 is 0 Å². The van der Waals surface area contributed by atoms with Crippen LogP contribution in [0, 0.1) is 11.3 Å². The lowest BCUT2D eigenvalue weighted by molar-refractivity contribution is -0.133. The molecular formula is C13H14N2O2. The van der Waals surface area contributed by atoms with Gasteiger partial charge in [-0.05, 0) is 43.9 Å². The number of hydrogen-bond acceptors (Lipinski definition) is 3. The van der Waals surface area contributed by atoms with Crippen LogP contribution in [0.4, 0.5) is 5.69 Å². The highest BCUT2D eigenvalue weighted by molar-refractivity contribution is 5.97. The fourth-order valence-electron chi connectivity index (χ4n) is 2.10. The molecule has 2 rings (SSSR count). The van der Waals surface area contributed by atoms with Crippen molar-refractivity contribution >= 4 is 11.6 Å². The van der Waals surface area contributed by atoms with Gasteiger partial charge in [0.15, 0.2) is 0 Å². The number of nitrogens with zero attached hydrogens (tertiary/aromatic N) is 1. The van der Waals surface area contributed by atoms with E-state index in [1.807, 2.05) is 6.07 Å². The Hall–Kier alpha value is -1.86. The molecule has 1 aliphatic rings. The van der Waals surface area contributed by atoms with Gasteiger partial charge in [-0.15, -0.1) is 0 Å². The van der Waals surface area contributed by atoms with Gasteiger partial charge in [-0.25, -0.2) is 0 Å². The van der Waals surface area contributed by atoms with E-state index >= 15 is 0 Å². The van der Waals surface area contributed by atoms with E-state index in [1.165, 1.54) is 0 Å². The number of hydrogen-bond donors (Lipinski definition) is 2. The van der Waals surface area contributed by atoms with Crippen LogP contribution in [0.2, 0.25) is 0 Å². The molecule has 0 saturated heterocycles. The van der Waals surface area contributed by atoms with Gasteiger partial charge >= 0.3 is 0 Å². The van der Waals surface area contributed by atoms with Crippen molar-refractivity contribution in [3.8, 4) is 6.07 Å². The largest absolute Gasteiger partial charge is 0.380 e. The van der Waals surface area contributed by atoms with Crippen LogP contribution in [0.25, 0.3) is 0 Å². The summed E-state index contributed by atoms with van der Waals surface area (Å²) in [6.07, 6.45) is 2.78. The third-order valence-corrected chi connectivity index (χ3v) is 3.10. The molecule has 17 heavy (non-hydrogen) atoms. The van der Waals surface area contributed by atoms with Gasteiger partial charge in [-0.1, -0.05) is 6.07 Å². The van der Waals surface area contributed by atoms with Crippen LogP contribution in [0.1, 0.15) is 31.2 Å². The molecule has 0 radical (unpaired) electrons. The summed E-state index contributed by atoms with van der Waals surface area (Å²) in [5.74, 6) is -0.370. The van der Waals surface area contributed by atoms with Crippen molar-refractivity contribution in [2.24, 2.45) is 0 Å². The van der Waals surface area contributed by atoms with Crippen molar-refractivity contribution in [3.05, 3.63) is 29.8 Å². The highest BCUT2D eigenvalue weighted by atomic mass is 16.3. The molecule has 1 aliphatic carbocycles. The first kappa shape index (κ1) is 11.6. The lowest BCUT2D eigenvalue weighted by Gasteiger charge is -2.20. The molecule has 2 N–H and O–H groups in total. The lowest BCUT2D eigenvalue weighted by Crippen LogP contribution is -2.40. The molecule has 0 atom stereocenters. The maximum Gasteiger partial charge on any atom is 0.256 e. The second kappa shape index (κ2) is 4.56. The minimum Gasteiger partial charge on any atom is -0.380 e. The van der Waals surface area contributed by atoms with Gasteiger partial charge in [0, 0.05) is 5.69 Å². The highest BCUT2D eigenvalue weighted by Gasteiger charge is 2.38. The summed E-state index contributed by atoms with van der Waals surface area (Å²) in [5, 5.41) is 21.5. The molecule has 1 aromatic rings. The quantitative estimate of drug-likeness (QED) is 0.813. The molecule has 1 saturated carbocycles. The second-order valence-corrected chi connectivity index (χ2v) is 4.39. The third-order valence-electron chi connectivity index (χ3n) is 3.10. The van der Waals surface area contributed by atoms with Crippen molar-refractivity contribution in [1.82, 2.24) is 0 Å². The standard InChI is InChI=1S/C13H14N2O2/c14-9-10-4-3-5-11(8-10)15-12(16)13(17)6-1-2-7-13/h3-5,8,17H,1-2,6-7H2,(H,15,16). The number of rotatable bonds is 2. The lowest BCUT2D eigenvalue weighted by atomic mass is 10.0. The summed E-state index contributed by atoms with van der Waals surface area (Å²) < 4.78 is 0. The first-order chi connectivity index (χ1) is 8.14. The summed E-state index contributed by atoms with van der Waals surface area (Å²) in [7, 11) is 0. The molecule has 1 fully saturated rings. The number of amides is 1. The molecule has 0 spiro atoms. The molecule has 1 aromatic carbocycles. The highest BCUT2D eigenvalue weighted by Crippen LogP contribution is 2.30. The molecule has 0 heterocycles. The van der Waals surface area contributed by atoms with Crippen LogP contribution in [0.5, 0.6) is 0 Å². The number of anilines is 1. The first-order valence-corrected chi connectivity index (χ1v) is 5.68. The van der Waals surface area contributed by atoms with Crippen LogP contribution in [-0.2, 0) is 4.79 Å². The Morgan fingerprint density at radius 1 is 1.41 bits per heavy atom. The number of carbonyl (C=O) groups is 1. The average Bonchev–Trinajstić information content (AvgIpc) is 2.78. The zero-order chi connectivity index (χ0) is 12.3. The smallest absolute Gasteiger partial charge is 0.256 e. The predicted molar refractivity (Wildman–Crippen MR) is 63.2 cm³/mol. The van der Waals surface area contributed by atoms with Crippen molar-refractivity contribution in [2.45, 2.75) is 31.3 Å². The third kappa shape index (κ3) is 2.45. The number of carbonyl (C=O) groups excluding carboxylic acids is 1. The first-order valence-electron chi connectivity index (χ1n) is 5.68.